The number of hydrogen-bond donors (Lipinski definition) is 0. The van der Waals surface area contributed by atoms with Crippen molar-refractivity contribution in [2.24, 2.45) is 0 Å². The Kier molecular flexibility index (Phi) is 8.63. The maximum Gasteiger partial charge on any atom is 0.387 e. The van der Waals surface area contributed by atoms with Gasteiger partial charge in [0.25, 0.3) is 5.91 Å². The molecule has 1 heterocycles. The van der Waals surface area contributed by atoms with Gasteiger partial charge in [-0.1, -0.05) is 0 Å². The number of carbonyl (C=O) groups is 2. The van der Waals surface area contributed by atoms with E-state index in [1.165, 1.54) is 25.3 Å². The summed E-state index contributed by atoms with van der Waals surface area (Å²) in [6, 6.07) is 4.17. The first kappa shape index (κ1) is 22.9. The third kappa shape index (κ3) is 6.28. The van der Waals surface area contributed by atoms with Gasteiger partial charge in [-0.25, -0.2) is 0 Å². The van der Waals surface area contributed by atoms with Crippen molar-refractivity contribution in [1.29, 1.82) is 0 Å². The molecule has 0 unspecified atom stereocenters. The van der Waals surface area contributed by atoms with Crippen molar-refractivity contribution in [3.05, 3.63) is 23.8 Å². The number of carbonyl (C=O) groups excluding carboxylic acids is 2. The summed E-state index contributed by atoms with van der Waals surface area (Å²) in [6.45, 7) is 5.03. The summed E-state index contributed by atoms with van der Waals surface area (Å²) in [5.41, 5.74) is 0.344. The number of likely N-dealkylation sites (N-methyl/N-ethyl adjacent to an activating group) is 1. The Morgan fingerprint density at radius 2 is 1.83 bits per heavy atom. The second kappa shape index (κ2) is 10.9. The van der Waals surface area contributed by atoms with Crippen LogP contribution in [0.25, 0.3) is 0 Å². The SMILES string of the molecule is CCN(CC)C(=O)CN1CCCN(C(=O)c2ccc(OC(F)F)c(OC)c2)CC1. The molecular formula is C20H29F2N3O4. The van der Waals surface area contributed by atoms with Crippen molar-refractivity contribution in [2.45, 2.75) is 26.9 Å². The number of amides is 2. The van der Waals surface area contributed by atoms with Crippen molar-refractivity contribution in [2.75, 3.05) is 52.9 Å². The minimum absolute atomic E-state index is 0.0809. The van der Waals surface area contributed by atoms with E-state index in [-0.39, 0.29) is 23.3 Å². The van der Waals surface area contributed by atoms with E-state index >= 15 is 0 Å². The van der Waals surface area contributed by atoms with Gasteiger partial charge in [-0.3, -0.25) is 14.5 Å². The van der Waals surface area contributed by atoms with Gasteiger partial charge in [-0.05, 0) is 38.5 Å². The Morgan fingerprint density at radius 3 is 2.45 bits per heavy atom. The zero-order chi connectivity index (χ0) is 21.4. The van der Waals surface area contributed by atoms with Crippen LogP contribution in [0.2, 0.25) is 0 Å². The molecule has 1 aliphatic rings. The summed E-state index contributed by atoms with van der Waals surface area (Å²) in [6.07, 6.45) is 0.751. The van der Waals surface area contributed by atoms with Crippen molar-refractivity contribution in [1.82, 2.24) is 14.7 Å². The maximum atomic E-state index is 12.9. The normalized spacial score (nSPS) is 15.2. The van der Waals surface area contributed by atoms with Gasteiger partial charge in [0, 0.05) is 44.8 Å². The molecule has 1 saturated heterocycles. The zero-order valence-corrected chi connectivity index (χ0v) is 17.2. The molecule has 162 valence electrons. The smallest absolute Gasteiger partial charge is 0.387 e. The van der Waals surface area contributed by atoms with E-state index in [4.69, 9.17) is 4.74 Å². The number of nitrogens with zero attached hydrogens (tertiary/aromatic N) is 3. The lowest BCUT2D eigenvalue weighted by atomic mass is 10.1. The Morgan fingerprint density at radius 1 is 1.10 bits per heavy atom. The van der Waals surface area contributed by atoms with Crippen LogP contribution < -0.4 is 9.47 Å². The molecule has 7 nitrogen and oxygen atoms in total. The van der Waals surface area contributed by atoms with E-state index < -0.39 is 6.61 Å². The summed E-state index contributed by atoms with van der Waals surface area (Å²) in [5.74, 6) is -0.147. The predicted molar refractivity (Wildman–Crippen MR) is 105 cm³/mol. The molecule has 1 aromatic rings. The molecule has 1 aliphatic heterocycles. The highest BCUT2D eigenvalue weighted by Crippen LogP contribution is 2.30. The van der Waals surface area contributed by atoms with Gasteiger partial charge >= 0.3 is 6.61 Å². The molecule has 2 amide bonds. The largest absolute Gasteiger partial charge is 0.493 e. The maximum absolute atomic E-state index is 12.9. The predicted octanol–water partition coefficient (Wildman–Crippen LogP) is 2.31. The van der Waals surface area contributed by atoms with Gasteiger partial charge in [0.1, 0.15) is 0 Å². The van der Waals surface area contributed by atoms with Crippen LogP contribution in [0.15, 0.2) is 18.2 Å². The first-order valence-corrected chi connectivity index (χ1v) is 9.81. The second-order valence-electron chi connectivity index (χ2n) is 6.73. The molecule has 1 aromatic carbocycles. The van der Waals surface area contributed by atoms with Gasteiger partial charge in [0.2, 0.25) is 5.91 Å². The first-order chi connectivity index (χ1) is 13.9. The number of ether oxygens (including phenoxy) is 2. The van der Waals surface area contributed by atoms with Gasteiger partial charge in [0.05, 0.1) is 13.7 Å². The number of halogens is 2. The van der Waals surface area contributed by atoms with E-state index in [1.54, 1.807) is 9.80 Å². The summed E-state index contributed by atoms with van der Waals surface area (Å²) in [7, 11) is 1.33. The third-order valence-corrected chi connectivity index (χ3v) is 4.98. The number of methoxy groups -OCH3 is 1. The van der Waals surface area contributed by atoms with E-state index in [1.807, 2.05) is 13.8 Å². The Bertz CT molecular complexity index is 698. The van der Waals surface area contributed by atoms with Crippen LogP contribution in [-0.2, 0) is 4.79 Å². The number of hydrogen-bond acceptors (Lipinski definition) is 5. The van der Waals surface area contributed by atoms with Crippen LogP contribution in [0.4, 0.5) is 8.78 Å². The highest BCUT2D eigenvalue weighted by atomic mass is 19.3. The molecule has 0 spiro atoms. The van der Waals surface area contributed by atoms with Gasteiger partial charge < -0.3 is 19.3 Å². The van der Waals surface area contributed by atoms with Crippen LogP contribution in [0.1, 0.15) is 30.6 Å². The van der Waals surface area contributed by atoms with E-state index in [2.05, 4.69) is 9.64 Å². The molecule has 0 aliphatic carbocycles. The van der Waals surface area contributed by atoms with Gasteiger partial charge in [-0.15, -0.1) is 0 Å². The fourth-order valence-corrected chi connectivity index (χ4v) is 3.38. The van der Waals surface area contributed by atoms with Gasteiger partial charge in [0.15, 0.2) is 11.5 Å². The molecule has 0 saturated carbocycles. The quantitative estimate of drug-likeness (QED) is 0.655. The Balaban J connectivity index is 2.01. The van der Waals surface area contributed by atoms with Crippen molar-refractivity contribution >= 4 is 11.8 Å². The minimum atomic E-state index is -2.97. The second-order valence-corrected chi connectivity index (χ2v) is 6.73. The molecular weight excluding hydrogens is 384 g/mol. The highest BCUT2D eigenvalue weighted by molar-refractivity contribution is 5.95. The first-order valence-electron chi connectivity index (χ1n) is 9.81. The van der Waals surface area contributed by atoms with Crippen LogP contribution in [0.5, 0.6) is 11.5 Å². The summed E-state index contributed by atoms with van der Waals surface area (Å²) >= 11 is 0. The summed E-state index contributed by atoms with van der Waals surface area (Å²) in [4.78, 5) is 30.8. The van der Waals surface area contributed by atoms with Crippen LogP contribution in [0.3, 0.4) is 0 Å². The minimum Gasteiger partial charge on any atom is -0.493 e. The topological polar surface area (TPSA) is 62.3 Å². The lowest BCUT2D eigenvalue weighted by Gasteiger charge is -2.25. The summed E-state index contributed by atoms with van der Waals surface area (Å²) in [5, 5.41) is 0. The lowest BCUT2D eigenvalue weighted by molar-refractivity contribution is -0.132. The van der Waals surface area contributed by atoms with Crippen molar-refractivity contribution < 1.29 is 27.8 Å². The Hall–Kier alpha value is -2.42. The number of rotatable bonds is 8. The fourth-order valence-electron chi connectivity index (χ4n) is 3.38. The molecule has 0 bridgehead atoms. The molecule has 9 heteroatoms. The molecule has 1 fully saturated rings. The van der Waals surface area contributed by atoms with Crippen molar-refractivity contribution in [3.8, 4) is 11.5 Å². The molecule has 0 radical (unpaired) electrons. The third-order valence-electron chi connectivity index (χ3n) is 4.98. The Labute approximate surface area is 170 Å². The standard InChI is InChI=1S/C20H29F2N3O4/c1-4-24(5-2)18(26)14-23-9-6-10-25(12-11-23)19(27)15-7-8-16(29-20(21)22)17(13-15)28-3/h7-8,13,20H,4-6,9-12,14H2,1-3H3. The fraction of sp³-hybridized carbons (Fsp3) is 0.600. The molecule has 29 heavy (non-hydrogen) atoms. The van der Waals surface area contributed by atoms with Crippen LogP contribution in [-0.4, -0.2) is 86.0 Å². The molecule has 0 N–H and O–H groups in total. The number of alkyl halides is 2. The molecule has 2 rings (SSSR count). The monoisotopic (exact) mass is 413 g/mol. The van der Waals surface area contributed by atoms with E-state index in [9.17, 15) is 18.4 Å². The summed E-state index contributed by atoms with van der Waals surface area (Å²) < 4.78 is 34.4. The molecule has 0 aromatic heterocycles. The molecule has 0 atom stereocenters. The zero-order valence-electron chi connectivity index (χ0n) is 17.2. The van der Waals surface area contributed by atoms with Crippen molar-refractivity contribution in [3.63, 3.8) is 0 Å². The van der Waals surface area contributed by atoms with Crippen LogP contribution >= 0.6 is 0 Å². The lowest BCUT2D eigenvalue weighted by Crippen LogP contribution is -2.42. The van der Waals surface area contributed by atoms with E-state index in [0.717, 1.165) is 13.0 Å². The van der Waals surface area contributed by atoms with Crippen LogP contribution in [0, 0.1) is 0 Å². The number of benzene rings is 1. The van der Waals surface area contributed by atoms with Gasteiger partial charge in [-0.2, -0.15) is 8.78 Å². The average molecular weight is 413 g/mol. The van der Waals surface area contributed by atoms with E-state index in [0.29, 0.717) is 44.8 Å². The average Bonchev–Trinajstić information content (AvgIpc) is 2.93. The highest BCUT2D eigenvalue weighted by Gasteiger charge is 2.23.